The van der Waals surface area contributed by atoms with E-state index >= 15 is 0 Å². The Bertz CT molecular complexity index is 360. The van der Waals surface area contributed by atoms with Crippen molar-refractivity contribution in [2.75, 3.05) is 19.8 Å². The van der Waals surface area contributed by atoms with Gasteiger partial charge in [-0.15, -0.1) is 0 Å². The maximum absolute atomic E-state index is 5.44. The van der Waals surface area contributed by atoms with Crippen LogP contribution >= 0.6 is 0 Å². The standard InChI is InChI=1S/C15H21NO/c1-12(14-6-4-3-5-7-14)10-16-15-8-9-17-11-13(15)2/h3-7,13,15-16H,1,8-11H2,2H3. The van der Waals surface area contributed by atoms with Crippen molar-refractivity contribution < 1.29 is 4.74 Å². The molecule has 1 saturated heterocycles. The lowest BCUT2D eigenvalue weighted by Crippen LogP contribution is -2.41. The van der Waals surface area contributed by atoms with Gasteiger partial charge in [-0.3, -0.25) is 0 Å². The largest absolute Gasteiger partial charge is 0.381 e. The fourth-order valence-electron chi connectivity index (χ4n) is 2.21. The Morgan fingerprint density at radius 3 is 2.88 bits per heavy atom. The zero-order valence-electron chi connectivity index (χ0n) is 10.5. The first-order valence-electron chi connectivity index (χ1n) is 6.31. The molecule has 1 fully saturated rings. The Kier molecular flexibility index (Phi) is 4.35. The van der Waals surface area contributed by atoms with Gasteiger partial charge in [0.1, 0.15) is 0 Å². The van der Waals surface area contributed by atoms with Gasteiger partial charge in [0.25, 0.3) is 0 Å². The molecule has 2 unspecified atom stereocenters. The van der Waals surface area contributed by atoms with Gasteiger partial charge in [-0.1, -0.05) is 43.8 Å². The van der Waals surface area contributed by atoms with Crippen LogP contribution in [0.25, 0.3) is 5.57 Å². The predicted octanol–water partition coefficient (Wildman–Crippen LogP) is 2.71. The van der Waals surface area contributed by atoms with Crippen molar-refractivity contribution in [1.82, 2.24) is 5.32 Å². The van der Waals surface area contributed by atoms with Gasteiger partial charge in [0.05, 0.1) is 6.61 Å². The van der Waals surface area contributed by atoms with Gasteiger partial charge < -0.3 is 10.1 Å². The van der Waals surface area contributed by atoms with E-state index in [4.69, 9.17) is 4.74 Å². The summed E-state index contributed by atoms with van der Waals surface area (Å²) in [6, 6.07) is 10.9. The van der Waals surface area contributed by atoms with Crippen molar-refractivity contribution in [3.8, 4) is 0 Å². The first kappa shape index (κ1) is 12.3. The van der Waals surface area contributed by atoms with Gasteiger partial charge in [0, 0.05) is 19.2 Å². The maximum atomic E-state index is 5.44. The second kappa shape index (κ2) is 5.99. The van der Waals surface area contributed by atoms with Crippen LogP contribution in [0, 0.1) is 5.92 Å². The number of hydrogen-bond donors (Lipinski definition) is 1. The second-order valence-corrected chi connectivity index (χ2v) is 4.80. The van der Waals surface area contributed by atoms with Crippen molar-refractivity contribution in [2.45, 2.75) is 19.4 Å². The Morgan fingerprint density at radius 2 is 2.18 bits per heavy atom. The molecule has 1 heterocycles. The third-order valence-corrected chi connectivity index (χ3v) is 3.40. The molecule has 17 heavy (non-hydrogen) atoms. The molecule has 2 nitrogen and oxygen atoms in total. The molecule has 1 aromatic carbocycles. The zero-order valence-corrected chi connectivity index (χ0v) is 10.5. The number of ether oxygens (including phenoxy) is 1. The van der Waals surface area contributed by atoms with Crippen LogP contribution < -0.4 is 5.32 Å². The molecule has 1 aromatic rings. The number of benzene rings is 1. The average Bonchev–Trinajstić information content (AvgIpc) is 2.38. The average molecular weight is 231 g/mol. The Balaban J connectivity index is 1.84. The minimum atomic E-state index is 0.559. The minimum absolute atomic E-state index is 0.559. The zero-order chi connectivity index (χ0) is 12.1. The SMILES string of the molecule is C=C(CNC1CCOCC1C)c1ccccc1. The molecule has 0 spiro atoms. The molecule has 0 aliphatic carbocycles. The van der Waals surface area contributed by atoms with Crippen LogP contribution in [-0.4, -0.2) is 25.8 Å². The third kappa shape index (κ3) is 3.42. The van der Waals surface area contributed by atoms with E-state index in [2.05, 4.69) is 43.1 Å². The van der Waals surface area contributed by atoms with Gasteiger partial charge in [0.15, 0.2) is 0 Å². The van der Waals surface area contributed by atoms with Crippen LogP contribution in [-0.2, 0) is 4.74 Å². The molecule has 0 radical (unpaired) electrons. The van der Waals surface area contributed by atoms with Gasteiger partial charge >= 0.3 is 0 Å². The van der Waals surface area contributed by atoms with E-state index in [9.17, 15) is 0 Å². The summed E-state index contributed by atoms with van der Waals surface area (Å²) >= 11 is 0. The smallest absolute Gasteiger partial charge is 0.0506 e. The Labute approximate surface area is 104 Å². The van der Waals surface area contributed by atoms with E-state index in [1.54, 1.807) is 0 Å². The van der Waals surface area contributed by atoms with E-state index in [0.29, 0.717) is 12.0 Å². The first-order chi connectivity index (χ1) is 8.27. The lowest BCUT2D eigenvalue weighted by atomic mass is 9.97. The van der Waals surface area contributed by atoms with Gasteiger partial charge in [-0.05, 0) is 23.5 Å². The quantitative estimate of drug-likeness (QED) is 0.860. The number of rotatable bonds is 4. The molecular formula is C15H21NO. The highest BCUT2D eigenvalue weighted by Crippen LogP contribution is 2.16. The Hall–Kier alpha value is -1.12. The van der Waals surface area contributed by atoms with E-state index in [1.165, 1.54) is 5.56 Å². The Morgan fingerprint density at radius 1 is 1.41 bits per heavy atom. The van der Waals surface area contributed by atoms with E-state index in [1.807, 2.05) is 6.07 Å². The van der Waals surface area contributed by atoms with Crippen LogP contribution in [0.1, 0.15) is 18.9 Å². The molecule has 1 N–H and O–H groups in total. The van der Waals surface area contributed by atoms with Crippen molar-refractivity contribution in [1.29, 1.82) is 0 Å². The molecule has 2 rings (SSSR count). The van der Waals surface area contributed by atoms with Crippen LogP contribution in [0.5, 0.6) is 0 Å². The second-order valence-electron chi connectivity index (χ2n) is 4.80. The summed E-state index contributed by atoms with van der Waals surface area (Å²) in [6.07, 6.45) is 1.10. The lowest BCUT2D eigenvalue weighted by Gasteiger charge is -2.30. The van der Waals surface area contributed by atoms with E-state index in [-0.39, 0.29) is 0 Å². The molecule has 2 atom stereocenters. The normalized spacial score (nSPS) is 24.5. The number of nitrogens with one attached hydrogen (secondary N) is 1. The molecule has 92 valence electrons. The molecular weight excluding hydrogens is 210 g/mol. The molecule has 0 saturated carbocycles. The topological polar surface area (TPSA) is 21.3 Å². The summed E-state index contributed by atoms with van der Waals surface area (Å²) in [7, 11) is 0. The van der Waals surface area contributed by atoms with Crippen LogP contribution in [0.15, 0.2) is 36.9 Å². The highest BCUT2D eigenvalue weighted by Gasteiger charge is 2.21. The fraction of sp³-hybridized carbons (Fsp3) is 0.467. The van der Waals surface area contributed by atoms with Crippen molar-refractivity contribution in [3.05, 3.63) is 42.5 Å². The molecule has 0 amide bonds. The highest BCUT2D eigenvalue weighted by atomic mass is 16.5. The van der Waals surface area contributed by atoms with E-state index < -0.39 is 0 Å². The monoisotopic (exact) mass is 231 g/mol. The minimum Gasteiger partial charge on any atom is -0.381 e. The molecule has 0 aromatic heterocycles. The molecule has 1 aliphatic heterocycles. The molecule has 2 heteroatoms. The summed E-state index contributed by atoms with van der Waals surface area (Å²) in [5, 5.41) is 3.59. The summed E-state index contributed by atoms with van der Waals surface area (Å²) in [5.41, 5.74) is 2.38. The lowest BCUT2D eigenvalue weighted by molar-refractivity contribution is 0.0402. The van der Waals surface area contributed by atoms with Crippen LogP contribution in [0.4, 0.5) is 0 Å². The van der Waals surface area contributed by atoms with E-state index in [0.717, 1.165) is 31.8 Å². The molecule has 1 aliphatic rings. The summed E-state index contributed by atoms with van der Waals surface area (Å²) in [5.74, 6) is 0.590. The first-order valence-corrected chi connectivity index (χ1v) is 6.31. The predicted molar refractivity (Wildman–Crippen MR) is 71.9 cm³/mol. The van der Waals surface area contributed by atoms with Crippen molar-refractivity contribution >= 4 is 5.57 Å². The summed E-state index contributed by atoms with van der Waals surface area (Å²) in [4.78, 5) is 0. The highest BCUT2D eigenvalue weighted by molar-refractivity contribution is 5.64. The van der Waals surface area contributed by atoms with Crippen LogP contribution in [0.3, 0.4) is 0 Å². The number of hydrogen-bond acceptors (Lipinski definition) is 2. The van der Waals surface area contributed by atoms with Crippen LogP contribution in [0.2, 0.25) is 0 Å². The third-order valence-electron chi connectivity index (χ3n) is 3.40. The fourth-order valence-corrected chi connectivity index (χ4v) is 2.21. The van der Waals surface area contributed by atoms with Gasteiger partial charge in [0.2, 0.25) is 0 Å². The van der Waals surface area contributed by atoms with Crippen molar-refractivity contribution in [2.24, 2.45) is 5.92 Å². The maximum Gasteiger partial charge on any atom is 0.0506 e. The summed E-state index contributed by atoms with van der Waals surface area (Å²) in [6.45, 7) is 8.98. The summed E-state index contributed by atoms with van der Waals surface area (Å²) < 4.78 is 5.44. The molecule has 0 bridgehead atoms. The van der Waals surface area contributed by atoms with Crippen molar-refractivity contribution in [3.63, 3.8) is 0 Å². The van der Waals surface area contributed by atoms with Gasteiger partial charge in [-0.2, -0.15) is 0 Å². The van der Waals surface area contributed by atoms with Gasteiger partial charge in [-0.25, -0.2) is 0 Å².